The summed E-state index contributed by atoms with van der Waals surface area (Å²) >= 11 is 0. The summed E-state index contributed by atoms with van der Waals surface area (Å²) in [5.74, 6) is 0. The largest absolute Gasteiger partial charge is 0.310 e. The molecule has 2 heterocycles. The van der Waals surface area contributed by atoms with Crippen molar-refractivity contribution in [2.24, 2.45) is 14.1 Å². The Morgan fingerprint density at radius 2 is 2.36 bits per heavy atom. The number of pyridine rings is 1. The molecule has 11 heavy (non-hydrogen) atoms. The minimum atomic E-state index is 1.15. The molecule has 0 saturated carbocycles. The Balaban J connectivity index is 2.96. The number of hydrogen-bond acceptors (Lipinski definition) is 1. The Hall–Kier alpha value is -1.38. The Morgan fingerprint density at radius 1 is 1.55 bits per heavy atom. The summed E-state index contributed by atoms with van der Waals surface area (Å²) in [7, 11) is 3.96. The lowest BCUT2D eigenvalue weighted by molar-refractivity contribution is -0.647. The van der Waals surface area contributed by atoms with Gasteiger partial charge in [0.25, 0.3) is 0 Å². The van der Waals surface area contributed by atoms with Crippen molar-refractivity contribution in [1.29, 1.82) is 0 Å². The molecule has 0 aromatic carbocycles. The molecule has 2 aromatic heterocycles. The van der Waals surface area contributed by atoms with Crippen LogP contribution in [0.3, 0.4) is 0 Å². The van der Waals surface area contributed by atoms with Crippen LogP contribution in [0.4, 0.5) is 0 Å². The monoisotopic (exact) mass is 148 g/mol. The van der Waals surface area contributed by atoms with E-state index >= 15 is 0 Å². The highest BCUT2D eigenvalue weighted by atomic mass is 15.3. The molecule has 0 aliphatic rings. The fraction of sp³-hybridized carbons (Fsp3) is 0.250. The lowest BCUT2D eigenvalue weighted by atomic mass is 10.3. The van der Waals surface area contributed by atoms with Gasteiger partial charge in [0.2, 0.25) is 0 Å². The number of aryl methyl sites for hydroxylation is 2. The Kier molecular flexibility index (Phi) is 1.18. The quantitative estimate of drug-likeness (QED) is 0.495. The Bertz CT molecular complexity index is 389. The molecule has 0 spiro atoms. The van der Waals surface area contributed by atoms with Gasteiger partial charge in [-0.1, -0.05) is 5.10 Å². The van der Waals surface area contributed by atoms with Crippen molar-refractivity contribution >= 4 is 11.0 Å². The summed E-state index contributed by atoms with van der Waals surface area (Å²) in [5.41, 5.74) is 1.15. The molecule has 3 heteroatoms. The van der Waals surface area contributed by atoms with E-state index in [1.165, 1.54) is 5.39 Å². The zero-order valence-electron chi connectivity index (χ0n) is 6.65. The standard InChI is InChI=1S/C8H10N3/c1-10-5-3-4-7-6-9-11(2)8(7)10/h3-6H,1-2H3/q+1. The fourth-order valence-corrected chi connectivity index (χ4v) is 1.34. The molecule has 0 saturated heterocycles. The highest BCUT2D eigenvalue weighted by molar-refractivity contribution is 5.70. The molecular weight excluding hydrogens is 138 g/mol. The van der Waals surface area contributed by atoms with Gasteiger partial charge in [0.05, 0.1) is 24.8 Å². The van der Waals surface area contributed by atoms with Gasteiger partial charge >= 0.3 is 5.65 Å². The molecule has 3 nitrogen and oxygen atoms in total. The van der Waals surface area contributed by atoms with Crippen molar-refractivity contribution in [3.05, 3.63) is 24.5 Å². The predicted octanol–water partition coefficient (Wildman–Crippen LogP) is 0.398. The third-order valence-corrected chi connectivity index (χ3v) is 1.85. The van der Waals surface area contributed by atoms with Crippen LogP contribution in [0.25, 0.3) is 11.0 Å². The minimum absolute atomic E-state index is 1.15. The lowest BCUT2D eigenvalue weighted by Gasteiger charge is -1.91. The average Bonchev–Trinajstić information content (AvgIpc) is 2.34. The first-order valence-electron chi connectivity index (χ1n) is 3.55. The van der Waals surface area contributed by atoms with E-state index < -0.39 is 0 Å². The maximum Gasteiger partial charge on any atom is 0.310 e. The summed E-state index contributed by atoms with van der Waals surface area (Å²) in [6.45, 7) is 0. The smallest absolute Gasteiger partial charge is 0.235 e. The van der Waals surface area contributed by atoms with E-state index in [-0.39, 0.29) is 0 Å². The first-order valence-corrected chi connectivity index (χ1v) is 3.55. The summed E-state index contributed by atoms with van der Waals surface area (Å²) in [5, 5.41) is 5.33. The molecule has 0 bridgehead atoms. The van der Waals surface area contributed by atoms with E-state index in [1.54, 1.807) is 0 Å². The molecule has 0 amide bonds. The SMILES string of the molecule is Cn1ncc2ccc[n+](C)c21. The van der Waals surface area contributed by atoms with E-state index in [9.17, 15) is 0 Å². The van der Waals surface area contributed by atoms with Gasteiger partial charge in [-0.25, -0.2) is 4.57 Å². The Labute approximate surface area is 64.9 Å². The molecule has 0 aliphatic heterocycles. The Morgan fingerprint density at radius 3 is 3.09 bits per heavy atom. The second-order valence-corrected chi connectivity index (χ2v) is 2.67. The zero-order valence-corrected chi connectivity index (χ0v) is 6.65. The molecule has 0 radical (unpaired) electrons. The van der Waals surface area contributed by atoms with Gasteiger partial charge in [0.15, 0.2) is 0 Å². The van der Waals surface area contributed by atoms with Crippen LogP contribution >= 0.6 is 0 Å². The van der Waals surface area contributed by atoms with E-state index in [2.05, 4.69) is 15.7 Å². The topological polar surface area (TPSA) is 21.7 Å². The third-order valence-electron chi connectivity index (χ3n) is 1.85. The second-order valence-electron chi connectivity index (χ2n) is 2.67. The average molecular weight is 148 g/mol. The third kappa shape index (κ3) is 0.808. The van der Waals surface area contributed by atoms with Crippen LogP contribution in [0.2, 0.25) is 0 Å². The van der Waals surface area contributed by atoms with Crippen molar-refractivity contribution in [3.63, 3.8) is 0 Å². The van der Waals surface area contributed by atoms with Crippen molar-refractivity contribution in [3.8, 4) is 0 Å². The minimum Gasteiger partial charge on any atom is -0.235 e. The van der Waals surface area contributed by atoms with Crippen molar-refractivity contribution in [1.82, 2.24) is 9.78 Å². The van der Waals surface area contributed by atoms with E-state index in [4.69, 9.17) is 0 Å². The first-order chi connectivity index (χ1) is 5.29. The highest BCUT2D eigenvalue weighted by Crippen LogP contribution is 2.04. The summed E-state index contributed by atoms with van der Waals surface area (Å²) in [4.78, 5) is 0. The van der Waals surface area contributed by atoms with Crippen LogP contribution < -0.4 is 4.57 Å². The maximum absolute atomic E-state index is 4.15. The summed E-state index contributed by atoms with van der Waals surface area (Å²) < 4.78 is 3.93. The molecule has 2 rings (SSSR count). The van der Waals surface area contributed by atoms with Gasteiger partial charge in [-0.2, -0.15) is 0 Å². The van der Waals surface area contributed by atoms with Gasteiger partial charge in [-0.05, 0) is 12.1 Å². The molecule has 2 aromatic rings. The first kappa shape index (κ1) is 6.34. The van der Waals surface area contributed by atoms with Crippen LogP contribution in [0.1, 0.15) is 0 Å². The van der Waals surface area contributed by atoms with Gasteiger partial charge in [-0.3, -0.25) is 0 Å². The van der Waals surface area contributed by atoms with Crippen molar-refractivity contribution in [2.75, 3.05) is 0 Å². The maximum atomic E-state index is 4.15. The van der Waals surface area contributed by atoms with Crippen LogP contribution in [0.15, 0.2) is 24.5 Å². The molecule has 0 N–H and O–H groups in total. The van der Waals surface area contributed by atoms with Gasteiger partial charge < -0.3 is 0 Å². The number of fused-ring (bicyclic) bond motifs is 1. The van der Waals surface area contributed by atoms with E-state index in [1.807, 2.05) is 37.2 Å². The van der Waals surface area contributed by atoms with Crippen molar-refractivity contribution in [2.45, 2.75) is 0 Å². The molecule has 0 unspecified atom stereocenters. The van der Waals surface area contributed by atoms with Crippen LogP contribution in [-0.4, -0.2) is 9.78 Å². The summed E-state index contributed by atoms with van der Waals surface area (Å²) in [6, 6.07) is 4.08. The zero-order chi connectivity index (χ0) is 7.84. The summed E-state index contributed by atoms with van der Waals surface area (Å²) in [6.07, 6.45) is 3.89. The van der Waals surface area contributed by atoms with Crippen LogP contribution in [0, 0.1) is 0 Å². The van der Waals surface area contributed by atoms with Crippen LogP contribution in [-0.2, 0) is 14.1 Å². The van der Waals surface area contributed by atoms with Crippen LogP contribution in [0.5, 0.6) is 0 Å². The van der Waals surface area contributed by atoms with Gasteiger partial charge in [-0.15, -0.1) is 4.68 Å². The predicted molar refractivity (Wildman–Crippen MR) is 41.9 cm³/mol. The molecule has 0 aliphatic carbocycles. The molecular formula is C8H10N3+. The van der Waals surface area contributed by atoms with E-state index in [0.717, 1.165) is 5.65 Å². The normalized spacial score (nSPS) is 10.7. The van der Waals surface area contributed by atoms with Crippen molar-refractivity contribution < 1.29 is 4.57 Å². The fourth-order valence-electron chi connectivity index (χ4n) is 1.34. The number of hydrogen-bond donors (Lipinski definition) is 0. The van der Waals surface area contributed by atoms with Gasteiger partial charge in [0.1, 0.15) is 7.05 Å². The number of aromatic nitrogens is 3. The highest BCUT2D eigenvalue weighted by Gasteiger charge is 2.07. The van der Waals surface area contributed by atoms with Gasteiger partial charge in [0, 0.05) is 0 Å². The molecule has 0 fully saturated rings. The number of nitrogens with zero attached hydrogens (tertiary/aromatic N) is 3. The molecule has 56 valence electrons. The number of rotatable bonds is 0. The van der Waals surface area contributed by atoms with E-state index in [0.29, 0.717) is 0 Å². The molecule has 0 atom stereocenters. The second kappa shape index (κ2) is 2.05. The lowest BCUT2D eigenvalue weighted by Crippen LogP contribution is -2.29.